The molecule has 0 aromatic heterocycles. The molecule has 15 heteroatoms. The van der Waals surface area contributed by atoms with Crippen LogP contribution in [0, 0.1) is 11.8 Å². The maximum absolute atomic E-state index is 12.3. The van der Waals surface area contributed by atoms with Gasteiger partial charge in [0.15, 0.2) is 12.6 Å². The summed E-state index contributed by atoms with van der Waals surface area (Å²) in [4.78, 5) is 66.5. The van der Waals surface area contributed by atoms with E-state index in [4.69, 9.17) is 25.4 Å². The SMILES string of the molecule is CCC(C)[C@H](N)C(=O)O.CCC(C)[C@H](NC(=O)c1ccc(COc2cccc(O)c2C=O)cc1)C(=O)O.O=Cc1c(O)cccc1OCc1ccc(C(=O)O)cc1. The first-order chi connectivity index (χ1) is 27.1. The number of aliphatic carboxylic acids is 2. The number of carbonyl (C=O) groups excluding carboxylic acids is 3. The van der Waals surface area contributed by atoms with Gasteiger partial charge in [-0.2, -0.15) is 0 Å². The Bertz CT molecular complexity index is 1960. The van der Waals surface area contributed by atoms with Crippen molar-refractivity contribution in [1.82, 2.24) is 5.32 Å². The second-order valence-corrected chi connectivity index (χ2v) is 12.8. The summed E-state index contributed by atoms with van der Waals surface area (Å²) >= 11 is 0. The van der Waals surface area contributed by atoms with Gasteiger partial charge in [0.05, 0.1) is 16.7 Å². The van der Waals surface area contributed by atoms with Crippen molar-refractivity contribution in [3.05, 3.63) is 118 Å². The van der Waals surface area contributed by atoms with Crippen LogP contribution in [-0.4, -0.2) is 74.0 Å². The van der Waals surface area contributed by atoms with Crippen molar-refractivity contribution in [2.45, 2.75) is 65.8 Å². The van der Waals surface area contributed by atoms with Crippen LogP contribution in [0.3, 0.4) is 0 Å². The van der Waals surface area contributed by atoms with Crippen molar-refractivity contribution < 1.29 is 63.8 Å². The van der Waals surface area contributed by atoms with E-state index >= 15 is 0 Å². The normalized spacial score (nSPS) is 12.4. The van der Waals surface area contributed by atoms with Crippen molar-refractivity contribution in [2.75, 3.05) is 0 Å². The Hall–Kier alpha value is -6.74. The van der Waals surface area contributed by atoms with Gasteiger partial charge in [0.25, 0.3) is 5.91 Å². The number of aldehydes is 2. The van der Waals surface area contributed by atoms with E-state index in [1.54, 1.807) is 67.6 Å². The number of phenols is 2. The van der Waals surface area contributed by atoms with Crippen LogP contribution >= 0.6 is 0 Å². The molecule has 1 amide bonds. The zero-order valence-corrected chi connectivity index (χ0v) is 32.0. The van der Waals surface area contributed by atoms with Gasteiger partial charge < -0.3 is 46.1 Å². The Labute approximate surface area is 329 Å². The number of hydrogen-bond acceptors (Lipinski definition) is 11. The van der Waals surface area contributed by atoms with E-state index in [0.717, 1.165) is 17.5 Å². The van der Waals surface area contributed by atoms with Gasteiger partial charge in [-0.05, 0) is 71.5 Å². The molecule has 2 unspecified atom stereocenters. The number of ether oxygens (including phenoxy) is 2. The molecule has 8 N–H and O–H groups in total. The van der Waals surface area contributed by atoms with Crippen LogP contribution in [0.1, 0.15) is 93.1 Å². The predicted octanol–water partition coefficient (Wildman–Crippen LogP) is 5.94. The number of carboxylic acids is 3. The Morgan fingerprint density at radius 2 is 1.07 bits per heavy atom. The summed E-state index contributed by atoms with van der Waals surface area (Å²) < 4.78 is 11.0. The third kappa shape index (κ3) is 14.4. The van der Waals surface area contributed by atoms with Crippen LogP contribution in [0.15, 0.2) is 84.9 Å². The fourth-order valence-electron chi connectivity index (χ4n) is 4.78. The molecule has 0 fully saturated rings. The topological polar surface area (TPSA) is 260 Å². The third-order valence-corrected chi connectivity index (χ3v) is 8.84. The molecule has 0 aliphatic heterocycles. The van der Waals surface area contributed by atoms with Crippen molar-refractivity contribution in [3.8, 4) is 23.0 Å². The number of phenolic OH excluding ortho intramolecular Hbond substituents is 2. The number of aromatic carboxylic acids is 1. The maximum atomic E-state index is 12.3. The van der Waals surface area contributed by atoms with Gasteiger partial charge in [0.2, 0.25) is 0 Å². The Morgan fingerprint density at radius 3 is 1.40 bits per heavy atom. The van der Waals surface area contributed by atoms with Crippen LogP contribution in [0.25, 0.3) is 0 Å². The third-order valence-electron chi connectivity index (χ3n) is 8.84. The molecular weight excluding hydrogens is 740 g/mol. The number of carboxylic acid groups (broad SMARTS) is 3. The summed E-state index contributed by atoms with van der Waals surface area (Å²) in [5.41, 5.74) is 7.47. The van der Waals surface area contributed by atoms with Crippen LogP contribution < -0.4 is 20.5 Å². The minimum atomic E-state index is -1.06. The lowest BCUT2D eigenvalue weighted by Gasteiger charge is -2.20. The number of nitrogens with two attached hydrogens (primary N) is 1. The van der Waals surface area contributed by atoms with Crippen molar-refractivity contribution in [1.29, 1.82) is 0 Å². The average molecular weight is 789 g/mol. The molecule has 57 heavy (non-hydrogen) atoms. The smallest absolute Gasteiger partial charge is 0.335 e. The highest BCUT2D eigenvalue weighted by Gasteiger charge is 2.25. The number of carbonyl (C=O) groups is 6. The van der Waals surface area contributed by atoms with Gasteiger partial charge in [0.1, 0.15) is 48.3 Å². The average Bonchev–Trinajstić information content (AvgIpc) is 3.20. The molecule has 0 aliphatic carbocycles. The molecule has 4 aromatic carbocycles. The second-order valence-electron chi connectivity index (χ2n) is 12.8. The van der Waals surface area contributed by atoms with Gasteiger partial charge in [0, 0.05) is 5.56 Å². The quantitative estimate of drug-likeness (QED) is 0.0611. The maximum Gasteiger partial charge on any atom is 0.335 e. The molecule has 4 atom stereocenters. The highest BCUT2D eigenvalue weighted by molar-refractivity contribution is 5.96. The Balaban J connectivity index is 0.000000335. The fourth-order valence-corrected chi connectivity index (χ4v) is 4.78. The molecular formula is C42H48N2O13. The van der Waals surface area contributed by atoms with Gasteiger partial charge in [-0.15, -0.1) is 0 Å². The van der Waals surface area contributed by atoms with Gasteiger partial charge >= 0.3 is 17.9 Å². The molecule has 4 rings (SSSR count). The molecule has 0 aliphatic rings. The first kappa shape index (κ1) is 46.4. The molecule has 0 spiro atoms. The first-order valence-electron chi connectivity index (χ1n) is 17.8. The lowest BCUT2D eigenvalue weighted by atomic mass is 9.99. The van der Waals surface area contributed by atoms with Crippen molar-refractivity contribution >= 4 is 36.4 Å². The zero-order chi connectivity index (χ0) is 42.7. The Morgan fingerprint density at radius 1 is 0.649 bits per heavy atom. The van der Waals surface area contributed by atoms with Crippen LogP contribution in [0.4, 0.5) is 0 Å². The zero-order valence-electron chi connectivity index (χ0n) is 32.0. The Kier molecular flexibility index (Phi) is 18.9. The number of aromatic hydroxyl groups is 2. The largest absolute Gasteiger partial charge is 0.507 e. The summed E-state index contributed by atoms with van der Waals surface area (Å²) in [6.45, 7) is 7.70. The highest BCUT2D eigenvalue weighted by atomic mass is 16.5. The van der Waals surface area contributed by atoms with Crippen molar-refractivity contribution in [2.24, 2.45) is 17.6 Å². The van der Waals surface area contributed by atoms with E-state index in [-0.39, 0.29) is 64.7 Å². The lowest BCUT2D eigenvalue weighted by Crippen LogP contribution is -2.45. The van der Waals surface area contributed by atoms with E-state index in [0.29, 0.717) is 24.6 Å². The second kappa shape index (κ2) is 23.2. The molecule has 0 radical (unpaired) electrons. The lowest BCUT2D eigenvalue weighted by molar-refractivity contribution is -0.141. The molecule has 15 nitrogen and oxygen atoms in total. The van der Waals surface area contributed by atoms with E-state index in [2.05, 4.69) is 5.32 Å². The standard InChI is InChI=1S/C21H23NO6.C15H12O5.C6H13NO2/c1-3-13(2)19(21(26)27)22-20(25)15-9-7-14(8-10-15)12-28-18-6-4-5-17(24)16(18)11-23;16-8-12-13(17)2-1-3-14(12)20-9-10-4-6-11(7-5-10)15(18)19;1-3-4(2)5(7)6(8)9/h4-11,13,19,24H,3,12H2,1-2H3,(H,22,25)(H,26,27);1-8,17H,9H2,(H,18,19);4-5H,3,7H2,1-2H3,(H,8,9)/t13?,19-;;4?,5-/m0.0/s1. The molecule has 4 aromatic rings. The number of benzene rings is 4. The van der Waals surface area contributed by atoms with Crippen LogP contribution in [0.2, 0.25) is 0 Å². The van der Waals surface area contributed by atoms with Gasteiger partial charge in [-0.3, -0.25) is 19.2 Å². The molecule has 304 valence electrons. The molecule has 0 saturated heterocycles. The number of nitrogens with one attached hydrogen (secondary N) is 1. The van der Waals surface area contributed by atoms with E-state index < -0.39 is 35.9 Å². The summed E-state index contributed by atoms with van der Waals surface area (Å²) in [7, 11) is 0. The van der Waals surface area contributed by atoms with E-state index in [9.17, 15) is 44.1 Å². The number of rotatable bonds is 17. The summed E-state index contributed by atoms with van der Waals surface area (Å²) in [5.74, 6) is -3.31. The minimum absolute atomic E-state index is 0.0718. The molecule has 0 bridgehead atoms. The number of hydrogen-bond donors (Lipinski definition) is 7. The molecule has 0 heterocycles. The van der Waals surface area contributed by atoms with E-state index in [1.165, 1.54) is 24.3 Å². The fraction of sp³-hybridized carbons (Fsp3) is 0.286. The first-order valence-corrected chi connectivity index (χ1v) is 17.8. The summed E-state index contributed by atoms with van der Waals surface area (Å²) in [6.07, 6.45) is 2.49. The summed E-state index contributed by atoms with van der Waals surface area (Å²) in [5, 5.41) is 48.1. The van der Waals surface area contributed by atoms with Crippen LogP contribution in [0.5, 0.6) is 23.0 Å². The monoisotopic (exact) mass is 788 g/mol. The van der Waals surface area contributed by atoms with Crippen LogP contribution in [-0.2, 0) is 22.8 Å². The number of amides is 1. The van der Waals surface area contributed by atoms with Crippen molar-refractivity contribution in [3.63, 3.8) is 0 Å². The van der Waals surface area contributed by atoms with E-state index in [1.807, 2.05) is 20.8 Å². The van der Waals surface area contributed by atoms with Gasteiger partial charge in [-0.1, -0.05) is 76.9 Å². The van der Waals surface area contributed by atoms with Gasteiger partial charge in [-0.25, -0.2) is 9.59 Å². The molecule has 0 saturated carbocycles. The summed E-state index contributed by atoms with van der Waals surface area (Å²) in [6, 6.07) is 20.2. The predicted molar refractivity (Wildman–Crippen MR) is 209 cm³/mol. The minimum Gasteiger partial charge on any atom is -0.507 e. The highest BCUT2D eigenvalue weighted by Crippen LogP contribution is 2.27.